The Morgan fingerprint density at radius 3 is 2.66 bits per heavy atom. The van der Waals surface area contributed by atoms with Gasteiger partial charge in [-0.3, -0.25) is 9.59 Å². The van der Waals surface area contributed by atoms with Crippen LogP contribution in [0.5, 0.6) is 0 Å². The summed E-state index contributed by atoms with van der Waals surface area (Å²) in [5, 5.41) is 15.4. The second kappa shape index (κ2) is 9.69. The zero-order valence-electron chi connectivity index (χ0n) is 17.2. The number of carbonyl (C=O) groups excluding carboxylic acids is 2. The van der Waals surface area contributed by atoms with Gasteiger partial charge in [-0.25, -0.2) is 4.98 Å². The number of anilines is 2. The molecule has 2 heterocycles. The molecule has 0 spiro atoms. The first-order chi connectivity index (χ1) is 15.0. The van der Waals surface area contributed by atoms with E-state index in [1.165, 1.54) is 23.5 Å². The number of thioether (sulfide) groups is 1. The predicted molar refractivity (Wildman–Crippen MR) is 116 cm³/mol. The van der Waals surface area contributed by atoms with Crippen molar-refractivity contribution in [3.05, 3.63) is 46.7 Å². The molecular formula is C19H19F3N6O2S2. The van der Waals surface area contributed by atoms with Crippen molar-refractivity contribution in [3.8, 4) is 0 Å². The van der Waals surface area contributed by atoms with Gasteiger partial charge in [-0.2, -0.15) is 13.2 Å². The van der Waals surface area contributed by atoms with E-state index in [0.717, 1.165) is 29.6 Å². The summed E-state index contributed by atoms with van der Waals surface area (Å²) in [7, 11) is 1.64. The number of hydrogen-bond donors (Lipinski definition) is 2. The van der Waals surface area contributed by atoms with Crippen LogP contribution in [0.3, 0.4) is 0 Å². The molecule has 0 bridgehead atoms. The van der Waals surface area contributed by atoms with Gasteiger partial charge < -0.3 is 15.2 Å². The quantitative estimate of drug-likeness (QED) is 0.493. The fourth-order valence-corrected chi connectivity index (χ4v) is 4.08. The normalized spacial score (nSPS) is 12.4. The molecule has 13 heteroatoms. The lowest BCUT2D eigenvalue weighted by atomic mass is 10.2. The molecule has 0 saturated heterocycles. The summed E-state index contributed by atoms with van der Waals surface area (Å²) in [5.74, 6) is -0.488. The van der Waals surface area contributed by atoms with Crippen LogP contribution in [0.25, 0.3) is 0 Å². The van der Waals surface area contributed by atoms with Crippen LogP contribution >= 0.6 is 23.1 Å². The first-order valence-corrected chi connectivity index (χ1v) is 11.0. The lowest BCUT2D eigenvalue weighted by Gasteiger charge is -2.11. The number of benzene rings is 1. The topological polar surface area (TPSA) is 102 Å². The van der Waals surface area contributed by atoms with Gasteiger partial charge in [0.05, 0.1) is 22.9 Å². The summed E-state index contributed by atoms with van der Waals surface area (Å²) in [5.41, 5.74) is -0.0101. The van der Waals surface area contributed by atoms with E-state index >= 15 is 0 Å². The number of nitrogens with zero attached hydrogens (tertiary/aromatic N) is 4. The van der Waals surface area contributed by atoms with Gasteiger partial charge in [0.1, 0.15) is 5.82 Å². The Hall–Kier alpha value is -2.93. The molecule has 32 heavy (non-hydrogen) atoms. The molecule has 2 N–H and O–H groups in total. The van der Waals surface area contributed by atoms with E-state index in [2.05, 4.69) is 25.8 Å². The number of alkyl halides is 3. The van der Waals surface area contributed by atoms with E-state index in [1.54, 1.807) is 18.5 Å². The number of nitrogens with one attached hydrogen (secondary N) is 2. The minimum atomic E-state index is -4.50. The van der Waals surface area contributed by atoms with Crippen LogP contribution in [0.2, 0.25) is 0 Å². The Balaban J connectivity index is 1.59. The molecule has 3 rings (SSSR count). The number of halogens is 3. The third-order valence-electron chi connectivity index (χ3n) is 4.22. The van der Waals surface area contributed by atoms with Crippen molar-refractivity contribution in [3.63, 3.8) is 0 Å². The van der Waals surface area contributed by atoms with Gasteiger partial charge in [0, 0.05) is 18.1 Å². The van der Waals surface area contributed by atoms with E-state index in [4.69, 9.17) is 0 Å². The first-order valence-electron chi connectivity index (χ1n) is 9.28. The molecule has 2 amide bonds. The lowest BCUT2D eigenvalue weighted by Crippen LogP contribution is -2.23. The first kappa shape index (κ1) is 23.7. The highest BCUT2D eigenvalue weighted by molar-refractivity contribution is 8.00. The van der Waals surface area contributed by atoms with E-state index < -0.39 is 22.9 Å². The number of thiazole rings is 1. The smallest absolute Gasteiger partial charge is 0.326 e. The molecule has 3 aromatic rings. The molecule has 8 nitrogen and oxygen atoms in total. The summed E-state index contributed by atoms with van der Waals surface area (Å²) >= 11 is 2.48. The third kappa shape index (κ3) is 6.07. The maximum Gasteiger partial charge on any atom is 0.416 e. The molecule has 170 valence electrons. The van der Waals surface area contributed by atoms with Crippen LogP contribution in [0, 0.1) is 6.92 Å². The van der Waals surface area contributed by atoms with Gasteiger partial charge in [-0.05, 0) is 32.0 Å². The van der Waals surface area contributed by atoms with Crippen LogP contribution in [0.4, 0.5) is 24.0 Å². The lowest BCUT2D eigenvalue weighted by molar-refractivity contribution is -0.137. The number of amides is 2. The average molecular weight is 485 g/mol. The Morgan fingerprint density at radius 1 is 1.25 bits per heavy atom. The standard InChI is InChI=1S/C19H19F3N6O2S2/c1-10-9-31-17(23-10)25-16(30)11(2)32-18-27-26-14(28(18)3)8-15(29)24-13-6-4-5-12(7-13)19(20,21)22/h4-7,9,11H,8H2,1-3H3,(H,24,29)(H,23,25,30). The van der Waals surface area contributed by atoms with Crippen molar-refractivity contribution >= 4 is 45.7 Å². The summed E-state index contributed by atoms with van der Waals surface area (Å²) in [6.45, 7) is 3.53. The van der Waals surface area contributed by atoms with Crippen molar-refractivity contribution in [2.24, 2.45) is 7.05 Å². The van der Waals surface area contributed by atoms with Crippen LogP contribution in [-0.4, -0.2) is 36.8 Å². The summed E-state index contributed by atoms with van der Waals surface area (Å²) in [4.78, 5) is 28.8. The van der Waals surface area contributed by atoms with Crippen LogP contribution < -0.4 is 10.6 Å². The maximum atomic E-state index is 12.8. The zero-order valence-corrected chi connectivity index (χ0v) is 18.9. The van der Waals surface area contributed by atoms with E-state index in [-0.39, 0.29) is 18.0 Å². The van der Waals surface area contributed by atoms with Crippen molar-refractivity contribution in [1.82, 2.24) is 19.7 Å². The summed E-state index contributed by atoms with van der Waals surface area (Å²) in [6, 6.07) is 4.37. The largest absolute Gasteiger partial charge is 0.416 e. The Bertz CT molecular complexity index is 1130. The van der Waals surface area contributed by atoms with Gasteiger partial charge in [0.2, 0.25) is 11.8 Å². The average Bonchev–Trinajstić information content (AvgIpc) is 3.27. The van der Waals surface area contributed by atoms with Crippen molar-refractivity contribution < 1.29 is 22.8 Å². The molecule has 0 saturated carbocycles. The fourth-order valence-electron chi connectivity index (χ4n) is 2.55. The Labute approximate surface area is 189 Å². The molecule has 1 aromatic carbocycles. The number of rotatable bonds is 7. The van der Waals surface area contributed by atoms with Gasteiger partial charge in [-0.15, -0.1) is 21.5 Å². The second-order valence-electron chi connectivity index (χ2n) is 6.80. The minimum Gasteiger partial charge on any atom is -0.326 e. The predicted octanol–water partition coefficient (Wildman–Crippen LogP) is 3.90. The summed E-state index contributed by atoms with van der Waals surface area (Å²) < 4.78 is 40.0. The fraction of sp³-hybridized carbons (Fsp3) is 0.316. The van der Waals surface area contributed by atoms with Crippen molar-refractivity contribution in [1.29, 1.82) is 0 Å². The monoisotopic (exact) mass is 484 g/mol. The number of hydrogen-bond acceptors (Lipinski definition) is 7. The zero-order chi connectivity index (χ0) is 23.5. The second-order valence-corrected chi connectivity index (χ2v) is 8.97. The molecule has 0 aliphatic rings. The molecule has 1 atom stereocenters. The van der Waals surface area contributed by atoms with Crippen LogP contribution in [-0.2, 0) is 29.2 Å². The van der Waals surface area contributed by atoms with Gasteiger partial charge in [0.25, 0.3) is 0 Å². The molecule has 1 unspecified atom stereocenters. The maximum absolute atomic E-state index is 12.8. The highest BCUT2D eigenvalue weighted by Gasteiger charge is 2.30. The highest BCUT2D eigenvalue weighted by Crippen LogP contribution is 2.30. The van der Waals surface area contributed by atoms with E-state index in [0.29, 0.717) is 16.1 Å². The SMILES string of the molecule is Cc1csc(NC(=O)C(C)Sc2nnc(CC(=O)Nc3cccc(C(F)(F)F)c3)n2C)n1. The molecule has 2 aromatic heterocycles. The Kier molecular flexibility index (Phi) is 7.19. The van der Waals surface area contributed by atoms with E-state index in [9.17, 15) is 22.8 Å². The van der Waals surface area contributed by atoms with Gasteiger partial charge in [0.15, 0.2) is 10.3 Å². The molecule has 0 aliphatic carbocycles. The van der Waals surface area contributed by atoms with Crippen LogP contribution in [0.15, 0.2) is 34.8 Å². The molecule has 0 fully saturated rings. The Morgan fingerprint density at radius 2 is 2.00 bits per heavy atom. The molecule has 0 aliphatic heterocycles. The van der Waals surface area contributed by atoms with Crippen molar-refractivity contribution in [2.45, 2.75) is 36.9 Å². The number of aromatic nitrogens is 4. The van der Waals surface area contributed by atoms with Crippen molar-refractivity contribution in [2.75, 3.05) is 10.6 Å². The van der Waals surface area contributed by atoms with Crippen LogP contribution in [0.1, 0.15) is 24.0 Å². The summed E-state index contributed by atoms with van der Waals surface area (Å²) in [6.07, 6.45) is -4.70. The molecular weight excluding hydrogens is 465 g/mol. The van der Waals surface area contributed by atoms with Gasteiger partial charge >= 0.3 is 6.18 Å². The molecule has 0 radical (unpaired) electrons. The highest BCUT2D eigenvalue weighted by atomic mass is 32.2. The number of carbonyl (C=O) groups is 2. The minimum absolute atomic E-state index is 0.0318. The van der Waals surface area contributed by atoms with E-state index in [1.807, 2.05) is 12.3 Å². The third-order valence-corrected chi connectivity index (χ3v) is 6.23. The van der Waals surface area contributed by atoms with Gasteiger partial charge in [-0.1, -0.05) is 17.8 Å². The number of aryl methyl sites for hydroxylation is 1.